The van der Waals surface area contributed by atoms with Gasteiger partial charge in [-0.1, -0.05) is 42.5 Å². The average Bonchev–Trinajstić information content (AvgIpc) is 2.69. The molecule has 1 saturated carbocycles. The van der Waals surface area contributed by atoms with Gasteiger partial charge in [-0.3, -0.25) is 0 Å². The molecule has 0 radical (unpaired) electrons. The van der Waals surface area contributed by atoms with E-state index in [1.807, 2.05) is 42.5 Å². The van der Waals surface area contributed by atoms with Crippen LogP contribution in [0.25, 0.3) is 0 Å². The molecular weight excluding hydrogens is 374 g/mol. The molecule has 0 bridgehead atoms. The molecule has 0 saturated heterocycles. The fourth-order valence-corrected chi connectivity index (χ4v) is 4.09. The Morgan fingerprint density at radius 2 is 1.86 bits per heavy atom. The van der Waals surface area contributed by atoms with Gasteiger partial charge in [0, 0.05) is 12.5 Å². The summed E-state index contributed by atoms with van der Waals surface area (Å²) in [6.07, 6.45) is 2.56. The van der Waals surface area contributed by atoms with E-state index in [-0.39, 0.29) is 24.4 Å². The monoisotopic (exact) mass is 405 g/mol. The van der Waals surface area contributed by atoms with Crippen LogP contribution < -0.4 is 4.74 Å². The Morgan fingerprint density at radius 3 is 2.54 bits per heavy atom. The van der Waals surface area contributed by atoms with Gasteiger partial charge in [0.05, 0.1) is 25.4 Å². The molecule has 0 heterocycles. The van der Waals surface area contributed by atoms with Crippen molar-refractivity contribution in [2.24, 2.45) is 5.92 Å². The van der Waals surface area contributed by atoms with Gasteiger partial charge >= 0.3 is 0 Å². The number of hydrogen-bond donors (Lipinski definition) is 1. The summed E-state index contributed by atoms with van der Waals surface area (Å²) < 4.78 is 11.6. The first-order chi connectivity index (χ1) is 13.0. The maximum Gasteiger partial charge on any atom is 0.119 e. The van der Waals surface area contributed by atoms with Crippen molar-refractivity contribution in [3.8, 4) is 5.75 Å². The van der Waals surface area contributed by atoms with Crippen LogP contribution in [0.4, 0.5) is 0 Å². The second-order valence-corrected chi connectivity index (χ2v) is 7.81. The summed E-state index contributed by atoms with van der Waals surface area (Å²) >= 11 is 0. The van der Waals surface area contributed by atoms with Gasteiger partial charge in [-0.2, -0.15) is 0 Å². The second-order valence-electron chi connectivity index (χ2n) is 7.81. The molecule has 154 valence electrons. The molecule has 0 spiro atoms. The molecular formula is C23H32ClNO3. The molecule has 1 N–H and O–H groups in total. The molecule has 2 aromatic carbocycles. The molecule has 1 aliphatic rings. The zero-order chi connectivity index (χ0) is 19.3. The summed E-state index contributed by atoms with van der Waals surface area (Å²) in [5, 5.41) is 11.6. The van der Waals surface area contributed by atoms with Gasteiger partial charge < -0.3 is 19.5 Å². The van der Waals surface area contributed by atoms with E-state index >= 15 is 0 Å². The molecule has 0 aliphatic heterocycles. The van der Waals surface area contributed by atoms with Gasteiger partial charge in [-0.05, 0) is 56.6 Å². The fraction of sp³-hybridized carbons (Fsp3) is 0.478. The zero-order valence-electron chi connectivity index (χ0n) is 17.0. The van der Waals surface area contributed by atoms with Crippen molar-refractivity contribution >= 4 is 12.4 Å². The number of hydrogen-bond acceptors (Lipinski definition) is 4. The van der Waals surface area contributed by atoms with Crippen LogP contribution in [0.2, 0.25) is 0 Å². The summed E-state index contributed by atoms with van der Waals surface area (Å²) in [5.41, 5.74) is 1.27. The number of rotatable bonds is 7. The molecule has 5 heteroatoms. The highest BCUT2D eigenvalue weighted by atomic mass is 35.5. The van der Waals surface area contributed by atoms with Crippen LogP contribution in [0, 0.1) is 5.92 Å². The minimum Gasteiger partial charge on any atom is -0.497 e. The van der Waals surface area contributed by atoms with Crippen molar-refractivity contribution in [1.82, 2.24) is 4.90 Å². The highest BCUT2D eigenvalue weighted by Crippen LogP contribution is 2.43. The summed E-state index contributed by atoms with van der Waals surface area (Å²) in [7, 11) is 5.77. The molecule has 3 atom stereocenters. The quantitative estimate of drug-likeness (QED) is 0.747. The van der Waals surface area contributed by atoms with Crippen LogP contribution in [-0.4, -0.2) is 43.9 Å². The molecule has 0 aromatic heterocycles. The van der Waals surface area contributed by atoms with E-state index in [9.17, 15) is 5.11 Å². The van der Waals surface area contributed by atoms with Crippen LogP contribution in [-0.2, 0) is 16.9 Å². The number of methoxy groups -OCH3 is 1. The first-order valence-corrected chi connectivity index (χ1v) is 9.68. The topological polar surface area (TPSA) is 41.9 Å². The van der Waals surface area contributed by atoms with Crippen molar-refractivity contribution < 1.29 is 14.6 Å². The summed E-state index contributed by atoms with van der Waals surface area (Å²) in [6.45, 7) is 1.44. The Labute approximate surface area is 174 Å². The third-order valence-corrected chi connectivity index (χ3v) is 5.55. The maximum atomic E-state index is 11.6. The summed E-state index contributed by atoms with van der Waals surface area (Å²) in [6, 6.07) is 18.1. The van der Waals surface area contributed by atoms with Gasteiger partial charge in [0.1, 0.15) is 5.75 Å². The predicted octanol–water partition coefficient (Wildman–Crippen LogP) is 4.25. The van der Waals surface area contributed by atoms with Gasteiger partial charge in [-0.25, -0.2) is 0 Å². The van der Waals surface area contributed by atoms with E-state index in [1.165, 1.54) is 5.56 Å². The molecule has 4 nitrogen and oxygen atoms in total. The Kier molecular flexibility index (Phi) is 8.32. The van der Waals surface area contributed by atoms with Crippen LogP contribution in [0.3, 0.4) is 0 Å². The van der Waals surface area contributed by atoms with E-state index < -0.39 is 5.60 Å². The van der Waals surface area contributed by atoms with Crippen LogP contribution in [0.5, 0.6) is 5.75 Å². The normalized spacial score (nSPS) is 24.6. The average molecular weight is 406 g/mol. The molecule has 3 rings (SSSR count). The largest absolute Gasteiger partial charge is 0.497 e. The number of ether oxygens (including phenoxy) is 2. The molecule has 2 aromatic rings. The Balaban J connectivity index is 0.00000280. The lowest BCUT2D eigenvalue weighted by Crippen LogP contribution is -2.46. The summed E-state index contributed by atoms with van der Waals surface area (Å²) in [4.78, 5) is 2.15. The lowest BCUT2D eigenvalue weighted by atomic mass is 9.70. The van der Waals surface area contributed by atoms with Crippen molar-refractivity contribution in [1.29, 1.82) is 0 Å². The van der Waals surface area contributed by atoms with Gasteiger partial charge in [0.25, 0.3) is 0 Å². The van der Waals surface area contributed by atoms with Crippen molar-refractivity contribution in [2.75, 3.05) is 27.7 Å². The minimum absolute atomic E-state index is 0. The van der Waals surface area contributed by atoms with Crippen LogP contribution in [0.15, 0.2) is 54.6 Å². The minimum atomic E-state index is -0.856. The first-order valence-electron chi connectivity index (χ1n) is 9.68. The highest BCUT2D eigenvalue weighted by molar-refractivity contribution is 5.85. The Morgan fingerprint density at radius 1 is 1.11 bits per heavy atom. The third kappa shape index (κ3) is 5.48. The van der Waals surface area contributed by atoms with E-state index in [4.69, 9.17) is 9.47 Å². The number of aliphatic hydroxyl groups is 1. The number of nitrogens with zero attached hydrogens (tertiary/aromatic N) is 1. The smallest absolute Gasteiger partial charge is 0.119 e. The Bertz CT molecular complexity index is 725. The van der Waals surface area contributed by atoms with Gasteiger partial charge in [0.2, 0.25) is 0 Å². The molecule has 0 amide bonds. The second kappa shape index (κ2) is 10.3. The molecule has 1 fully saturated rings. The van der Waals surface area contributed by atoms with E-state index in [1.54, 1.807) is 7.11 Å². The van der Waals surface area contributed by atoms with E-state index in [0.29, 0.717) is 13.0 Å². The highest BCUT2D eigenvalue weighted by Gasteiger charge is 2.44. The summed E-state index contributed by atoms with van der Waals surface area (Å²) in [5.74, 6) is 0.890. The van der Waals surface area contributed by atoms with E-state index in [2.05, 4.69) is 31.1 Å². The lowest BCUT2D eigenvalue weighted by Gasteiger charge is -2.44. The zero-order valence-corrected chi connectivity index (χ0v) is 17.8. The molecule has 28 heavy (non-hydrogen) atoms. The lowest BCUT2D eigenvalue weighted by molar-refractivity contribution is -0.110. The fourth-order valence-electron chi connectivity index (χ4n) is 4.09. The standard InChI is InChI=1S/C23H31NO3.ClH/c1-24(2)16-20-15-22(27-17-18-8-5-4-6-9-18)12-13-23(20,25)19-10-7-11-21(14-19)26-3;/h4-11,14,20,22,25H,12-13,15-17H2,1-3H3;1H/t20-,22+,23+;/m1./s1. The van der Waals surface area contributed by atoms with Crippen LogP contribution >= 0.6 is 12.4 Å². The first kappa shape index (κ1) is 22.7. The van der Waals surface area contributed by atoms with Crippen molar-refractivity contribution in [2.45, 2.75) is 37.6 Å². The third-order valence-electron chi connectivity index (χ3n) is 5.55. The Hall–Kier alpha value is -1.59. The van der Waals surface area contributed by atoms with Crippen molar-refractivity contribution in [3.63, 3.8) is 0 Å². The number of benzene rings is 2. The van der Waals surface area contributed by atoms with Gasteiger partial charge in [0.15, 0.2) is 0 Å². The maximum absolute atomic E-state index is 11.6. The van der Waals surface area contributed by atoms with Crippen LogP contribution in [0.1, 0.15) is 30.4 Å². The molecule has 1 aliphatic carbocycles. The molecule has 0 unspecified atom stereocenters. The van der Waals surface area contributed by atoms with Gasteiger partial charge in [-0.15, -0.1) is 12.4 Å². The van der Waals surface area contributed by atoms with E-state index in [0.717, 1.165) is 30.7 Å². The SMILES string of the molecule is COc1cccc([C@@]2(O)CC[C@H](OCc3ccccc3)C[C@@H]2CN(C)C)c1.Cl. The number of halogens is 1. The van der Waals surface area contributed by atoms with Crippen molar-refractivity contribution in [3.05, 3.63) is 65.7 Å². The predicted molar refractivity (Wildman–Crippen MR) is 115 cm³/mol.